The van der Waals surface area contributed by atoms with Crippen LogP contribution in [-0.2, 0) is 4.79 Å². The Morgan fingerprint density at radius 2 is 2.07 bits per heavy atom. The molecule has 0 aromatic heterocycles. The maximum atomic E-state index is 12.7. The molecule has 0 radical (unpaired) electrons. The maximum Gasteiger partial charge on any atom is 0.405 e. The third kappa shape index (κ3) is 0.952. The molecule has 0 heterocycles. The second kappa shape index (κ2) is 2.52. The topological polar surface area (TPSA) is 37.3 Å². The Bertz CT molecular complexity index is 308. The predicted octanol–water partition coefficient (Wildman–Crippen LogP) is 2.22. The van der Waals surface area contributed by atoms with E-state index in [1.807, 2.05) is 0 Å². The molecule has 2 nitrogen and oxygen atoms in total. The van der Waals surface area contributed by atoms with E-state index in [1.165, 1.54) is 6.08 Å². The lowest BCUT2D eigenvalue weighted by Gasteiger charge is -2.32. The van der Waals surface area contributed by atoms with E-state index in [0.29, 0.717) is 6.42 Å². The van der Waals surface area contributed by atoms with Crippen LogP contribution in [0.1, 0.15) is 12.8 Å². The summed E-state index contributed by atoms with van der Waals surface area (Å²) in [6.07, 6.45) is -1.53. The number of carboxylic acids is 1. The average molecular weight is 206 g/mol. The maximum absolute atomic E-state index is 12.7. The molecule has 2 bridgehead atoms. The number of aliphatic carboxylic acids is 1. The van der Waals surface area contributed by atoms with Gasteiger partial charge in [0.25, 0.3) is 0 Å². The zero-order valence-electron chi connectivity index (χ0n) is 7.21. The second-order valence-electron chi connectivity index (χ2n) is 3.97. The summed E-state index contributed by atoms with van der Waals surface area (Å²) >= 11 is 0. The summed E-state index contributed by atoms with van der Waals surface area (Å²) < 4.78 is 38.1. The molecular formula is C9H9F3O2. The molecule has 0 saturated heterocycles. The molecule has 1 N–H and O–H groups in total. The quantitative estimate of drug-likeness (QED) is 0.668. The van der Waals surface area contributed by atoms with Crippen molar-refractivity contribution in [1.29, 1.82) is 0 Å². The summed E-state index contributed by atoms with van der Waals surface area (Å²) in [5, 5.41) is 8.77. The van der Waals surface area contributed by atoms with Crippen molar-refractivity contribution in [2.75, 3.05) is 0 Å². The zero-order chi connectivity index (χ0) is 10.6. The van der Waals surface area contributed by atoms with E-state index in [1.54, 1.807) is 6.08 Å². The molecule has 3 atom stereocenters. The predicted molar refractivity (Wildman–Crippen MR) is 41.5 cm³/mol. The molecule has 2 aliphatic rings. The number of fused-ring (bicyclic) bond motifs is 2. The fourth-order valence-corrected chi connectivity index (χ4v) is 2.55. The Balaban J connectivity index is 2.44. The van der Waals surface area contributed by atoms with Crippen LogP contribution in [0.2, 0.25) is 0 Å². The lowest BCUT2D eigenvalue weighted by molar-refractivity contribution is -0.238. The van der Waals surface area contributed by atoms with Crippen LogP contribution in [0, 0.1) is 17.3 Å². The Morgan fingerprint density at radius 3 is 2.29 bits per heavy atom. The Labute approximate surface area is 78.4 Å². The molecule has 0 aromatic rings. The molecule has 1 saturated carbocycles. The molecule has 0 amide bonds. The highest BCUT2D eigenvalue weighted by Crippen LogP contribution is 2.59. The van der Waals surface area contributed by atoms with Crippen LogP contribution in [0.3, 0.4) is 0 Å². The first-order valence-electron chi connectivity index (χ1n) is 4.36. The van der Waals surface area contributed by atoms with Crippen molar-refractivity contribution in [3.63, 3.8) is 0 Å². The highest BCUT2D eigenvalue weighted by molar-refractivity contribution is 5.77. The van der Waals surface area contributed by atoms with Gasteiger partial charge in [0.2, 0.25) is 0 Å². The van der Waals surface area contributed by atoms with Crippen molar-refractivity contribution in [3.8, 4) is 0 Å². The third-order valence-electron chi connectivity index (χ3n) is 3.28. The summed E-state index contributed by atoms with van der Waals surface area (Å²) in [6.45, 7) is 0. The smallest absolute Gasteiger partial charge is 0.405 e. The molecule has 2 aliphatic carbocycles. The lowest BCUT2D eigenvalue weighted by Crippen LogP contribution is -2.48. The van der Waals surface area contributed by atoms with E-state index in [2.05, 4.69) is 0 Å². The SMILES string of the molecule is O=C(O)[C@]1(C(F)(F)F)C[C@@H]2C=C[C@H]1C2. The van der Waals surface area contributed by atoms with Crippen LogP contribution < -0.4 is 0 Å². The first-order chi connectivity index (χ1) is 6.38. The summed E-state index contributed by atoms with van der Waals surface area (Å²) in [4.78, 5) is 10.8. The minimum Gasteiger partial charge on any atom is -0.481 e. The first-order valence-corrected chi connectivity index (χ1v) is 4.36. The Hall–Kier alpha value is -1.00. The van der Waals surface area contributed by atoms with E-state index in [9.17, 15) is 18.0 Å². The van der Waals surface area contributed by atoms with Gasteiger partial charge < -0.3 is 5.11 Å². The van der Waals surface area contributed by atoms with Crippen LogP contribution in [0.5, 0.6) is 0 Å². The monoisotopic (exact) mass is 206 g/mol. The molecule has 78 valence electrons. The highest BCUT2D eigenvalue weighted by atomic mass is 19.4. The average Bonchev–Trinajstić information content (AvgIpc) is 2.59. The number of hydrogen-bond acceptors (Lipinski definition) is 1. The zero-order valence-corrected chi connectivity index (χ0v) is 7.21. The molecular weight excluding hydrogens is 197 g/mol. The molecule has 0 aromatic carbocycles. The number of halogens is 3. The molecule has 2 rings (SSSR count). The number of allylic oxidation sites excluding steroid dienone is 2. The van der Waals surface area contributed by atoms with Gasteiger partial charge in [0.15, 0.2) is 5.41 Å². The van der Waals surface area contributed by atoms with Gasteiger partial charge in [-0.1, -0.05) is 12.2 Å². The third-order valence-corrected chi connectivity index (χ3v) is 3.28. The second-order valence-corrected chi connectivity index (χ2v) is 3.97. The highest BCUT2D eigenvalue weighted by Gasteiger charge is 2.68. The lowest BCUT2D eigenvalue weighted by atomic mass is 9.75. The molecule has 14 heavy (non-hydrogen) atoms. The first kappa shape index (κ1) is 9.55. The molecule has 5 heteroatoms. The summed E-state index contributed by atoms with van der Waals surface area (Å²) in [5.41, 5.74) is -2.52. The standard InChI is InChI=1S/C9H9F3O2/c10-9(11,12)8(7(13)14)4-5-1-2-6(8)3-5/h1-2,5-6H,3-4H2,(H,13,14)/t5-,6+,8+/m1/s1. The van der Waals surface area contributed by atoms with Crippen molar-refractivity contribution in [3.05, 3.63) is 12.2 Å². The largest absolute Gasteiger partial charge is 0.481 e. The van der Waals surface area contributed by atoms with Gasteiger partial charge in [0.05, 0.1) is 0 Å². The number of carboxylic acid groups (broad SMARTS) is 1. The number of hydrogen-bond donors (Lipinski definition) is 1. The van der Waals surface area contributed by atoms with Crippen LogP contribution in [-0.4, -0.2) is 17.3 Å². The van der Waals surface area contributed by atoms with Gasteiger partial charge in [0, 0.05) is 5.92 Å². The van der Waals surface area contributed by atoms with Gasteiger partial charge >= 0.3 is 12.1 Å². The van der Waals surface area contributed by atoms with Crippen molar-refractivity contribution in [2.24, 2.45) is 17.3 Å². The van der Waals surface area contributed by atoms with E-state index >= 15 is 0 Å². The van der Waals surface area contributed by atoms with Crippen LogP contribution >= 0.6 is 0 Å². The summed E-state index contributed by atoms with van der Waals surface area (Å²) in [5.74, 6) is -2.82. The van der Waals surface area contributed by atoms with Gasteiger partial charge in [-0.05, 0) is 18.8 Å². The van der Waals surface area contributed by atoms with Gasteiger partial charge in [-0.15, -0.1) is 0 Å². The normalized spacial score (nSPS) is 40.5. The fraction of sp³-hybridized carbons (Fsp3) is 0.667. The Morgan fingerprint density at radius 1 is 1.43 bits per heavy atom. The van der Waals surface area contributed by atoms with Crippen molar-refractivity contribution in [1.82, 2.24) is 0 Å². The number of alkyl halides is 3. The van der Waals surface area contributed by atoms with E-state index < -0.39 is 23.5 Å². The van der Waals surface area contributed by atoms with Gasteiger partial charge in [0.1, 0.15) is 0 Å². The Kier molecular flexibility index (Phi) is 1.72. The number of rotatable bonds is 1. The minimum absolute atomic E-state index is 0.210. The molecule has 0 spiro atoms. The molecule has 0 unspecified atom stereocenters. The molecule has 0 aliphatic heterocycles. The van der Waals surface area contributed by atoms with Crippen LogP contribution in [0.15, 0.2) is 12.2 Å². The van der Waals surface area contributed by atoms with E-state index in [4.69, 9.17) is 5.11 Å². The molecule has 1 fully saturated rings. The van der Waals surface area contributed by atoms with Crippen molar-refractivity contribution < 1.29 is 23.1 Å². The summed E-state index contributed by atoms with van der Waals surface area (Å²) in [6, 6.07) is 0. The number of carbonyl (C=O) groups is 1. The summed E-state index contributed by atoms with van der Waals surface area (Å²) in [7, 11) is 0. The van der Waals surface area contributed by atoms with E-state index in [-0.39, 0.29) is 12.3 Å². The van der Waals surface area contributed by atoms with Crippen molar-refractivity contribution in [2.45, 2.75) is 19.0 Å². The van der Waals surface area contributed by atoms with Crippen molar-refractivity contribution >= 4 is 5.97 Å². The fourth-order valence-electron chi connectivity index (χ4n) is 2.55. The van der Waals surface area contributed by atoms with Crippen LogP contribution in [0.4, 0.5) is 13.2 Å². The van der Waals surface area contributed by atoms with Crippen LogP contribution in [0.25, 0.3) is 0 Å². The van der Waals surface area contributed by atoms with Gasteiger partial charge in [-0.25, -0.2) is 0 Å². The van der Waals surface area contributed by atoms with Gasteiger partial charge in [-0.3, -0.25) is 4.79 Å². The van der Waals surface area contributed by atoms with Gasteiger partial charge in [-0.2, -0.15) is 13.2 Å². The minimum atomic E-state index is -4.65. The van der Waals surface area contributed by atoms with E-state index in [0.717, 1.165) is 0 Å².